The number of benzene rings is 2. The van der Waals surface area contributed by atoms with Crippen molar-refractivity contribution in [3.8, 4) is 5.75 Å². The van der Waals surface area contributed by atoms with Crippen molar-refractivity contribution in [3.05, 3.63) is 76.7 Å². The first-order valence-corrected chi connectivity index (χ1v) is 12.0. The van der Waals surface area contributed by atoms with Gasteiger partial charge in [0.2, 0.25) is 0 Å². The zero-order chi connectivity index (χ0) is 21.1. The van der Waals surface area contributed by atoms with Crippen LogP contribution in [-0.2, 0) is 16.4 Å². The molecule has 2 aromatic carbocycles. The molecule has 0 saturated carbocycles. The van der Waals surface area contributed by atoms with Crippen molar-refractivity contribution in [3.63, 3.8) is 0 Å². The Morgan fingerprint density at radius 3 is 2.63 bits per heavy atom. The first-order chi connectivity index (χ1) is 14.5. The Bertz CT molecular complexity index is 1140. The van der Waals surface area contributed by atoms with Crippen LogP contribution < -0.4 is 14.8 Å². The molecule has 1 atom stereocenters. The number of thiophene rings is 1. The van der Waals surface area contributed by atoms with Gasteiger partial charge in [0.1, 0.15) is 9.96 Å². The molecule has 0 bridgehead atoms. The smallest absolute Gasteiger partial charge is 0.271 e. The normalized spacial score (nSPS) is 15.8. The third-order valence-electron chi connectivity index (χ3n) is 5.13. The van der Waals surface area contributed by atoms with Crippen molar-refractivity contribution in [2.45, 2.75) is 29.5 Å². The molecule has 8 heteroatoms. The first-order valence-electron chi connectivity index (χ1n) is 9.60. The van der Waals surface area contributed by atoms with Crippen LogP contribution in [0.25, 0.3) is 0 Å². The molecule has 0 radical (unpaired) electrons. The lowest BCUT2D eigenvalue weighted by Gasteiger charge is -2.27. The maximum atomic E-state index is 12.8. The van der Waals surface area contributed by atoms with Crippen LogP contribution in [-0.4, -0.2) is 21.4 Å². The number of anilines is 1. The molecule has 1 aromatic heterocycles. The molecule has 1 aliphatic rings. The number of fused-ring (bicyclic) bond motifs is 1. The maximum absolute atomic E-state index is 12.8. The Kier molecular flexibility index (Phi) is 5.78. The van der Waals surface area contributed by atoms with E-state index in [-0.39, 0.29) is 16.2 Å². The van der Waals surface area contributed by atoms with Crippen molar-refractivity contribution >= 4 is 33.0 Å². The average Bonchev–Trinajstić information content (AvgIpc) is 3.30. The molecule has 2 N–H and O–H groups in total. The molecule has 4 rings (SSSR count). The van der Waals surface area contributed by atoms with Gasteiger partial charge in [-0.25, -0.2) is 8.42 Å². The van der Waals surface area contributed by atoms with E-state index in [4.69, 9.17) is 4.74 Å². The van der Waals surface area contributed by atoms with Crippen molar-refractivity contribution in [2.75, 3.05) is 11.8 Å². The van der Waals surface area contributed by atoms with E-state index in [0.717, 1.165) is 41.9 Å². The zero-order valence-electron chi connectivity index (χ0n) is 16.4. The number of nitrogens with one attached hydrogen (secondary N) is 2. The predicted molar refractivity (Wildman–Crippen MR) is 118 cm³/mol. The lowest BCUT2D eigenvalue weighted by Crippen LogP contribution is -2.31. The van der Waals surface area contributed by atoms with Crippen LogP contribution in [0.2, 0.25) is 0 Å². The minimum atomic E-state index is -3.61. The molecular weight excluding hydrogens is 420 g/mol. The molecule has 1 heterocycles. The number of hydrogen-bond acceptors (Lipinski definition) is 5. The number of hydrogen-bond donors (Lipinski definition) is 2. The van der Waals surface area contributed by atoms with Gasteiger partial charge in [0.05, 0.1) is 13.2 Å². The second-order valence-corrected chi connectivity index (χ2v) is 9.95. The van der Waals surface area contributed by atoms with Gasteiger partial charge >= 0.3 is 0 Å². The van der Waals surface area contributed by atoms with Crippen molar-refractivity contribution in [1.82, 2.24) is 5.32 Å². The Hall–Kier alpha value is -2.84. The topological polar surface area (TPSA) is 84.5 Å². The van der Waals surface area contributed by atoms with E-state index in [9.17, 15) is 13.2 Å². The molecule has 6 nitrogen and oxygen atoms in total. The summed E-state index contributed by atoms with van der Waals surface area (Å²) in [5.41, 5.74) is 3.21. The zero-order valence-corrected chi connectivity index (χ0v) is 18.1. The highest BCUT2D eigenvalue weighted by atomic mass is 32.2. The number of ether oxygens (including phenoxy) is 1. The van der Waals surface area contributed by atoms with Crippen LogP contribution in [0.4, 0.5) is 5.69 Å². The van der Waals surface area contributed by atoms with Gasteiger partial charge in [0.15, 0.2) is 0 Å². The summed E-state index contributed by atoms with van der Waals surface area (Å²) in [5, 5.41) is 4.81. The van der Waals surface area contributed by atoms with E-state index in [0.29, 0.717) is 11.3 Å². The summed E-state index contributed by atoms with van der Waals surface area (Å²) < 4.78 is 32.7. The van der Waals surface area contributed by atoms with Crippen molar-refractivity contribution < 1.29 is 17.9 Å². The van der Waals surface area contributed by atoms with Gasteiger partial charge in [0, 0.05) is 11.3 Å². The molecule has 0 saturated heterocycles. The van der Waals surface area contributed by atoms with Crippen LogP contribution in [0.15, 0.2) is 64.2 Å². The fourth-order valence-corrected chi connectivity index (χ4v) is 5.67. The van der Waals surface area contributed by atoms with E-state index in [2.05, 4.69) is 10.0 Å². The molecule has 0 aliphatic heterocycles. The van der Waals surface area contributed by atoms with Crippen LogP contribution in [0.3, 0.4) is 0 Å². The highest BCUT2D eigenvalue weighted by Crippen LogP contribution is 2.32. The Balaban J connectivity index is 1.45. The third-order valence-corrected chi connectivity index (χ3v) is 7.91. The van der Waals surface area contributed by atoms with E-state index in [1.165, 1.54) is 5.56 Å². The fraction of sp³-hybridized carbons (Fsp3) is 0.227. The summed E-state index contributed by atoms with van der Waals surface area (Å²) in [6, 6.07) is 15.6. The van der Waals surface area contributed by atoms with E-state index < -0.39 is 10.0 Å². The maximum Gasteiger partial charge on any atom is 0.271 e. The van der Waals surface area contributed by atoms with E-state index in [1.807, 2.05) is 18.2 Å². The lowest BCUT2D eigenvalue weighted by molar-refractivity contribution is 0.0933. The Morgan fingerprint density at radius 2 is 1.93 bits per heavy atom. The molecule has 0 fully saturated rings. The number of carbonyl (C=O) groups excluding carboxylic acids is 1. The molecule has 0 spiro atoms. The lowest BCUT2D eigenvalue weighted by atomic mass is 9.87. The predicted octanol–water partition coefficient (Wildman–Crippen LogP) is 4.36. The molecule has 30 heavy (non-hydrogen) atoms. The minimum absolute atomic E-state index is 0.0517. The second-order valence-electron chi connectivity index (χ2n) is 7.10. The molecule has 1 aliphatic carbocycles. The average molecular weight is 443 g/mol. The highest BCUT2D eigenvalue weighted by Gasteiger charge is 2.23. The van der Waals surface area contributed by atoms with Gasteiger partial charge < -0.3 is 10.1 Å². The van der Waals surface area contributed by atoms with Gasteiger partial charge in [-0.05, 0) is 78.2 Å². The Labute approximate surface area is 180 Å². The third kappa shape index (κ3) is 4.34. The van der Waals surface area contributed by atoms with Gasteiger partial charge in [-0.1, -0.05) is 12.1 Å². The molecule has 3 aromatic rings. The summed E-state index contributed by atoms with van der Waals surface area (Å²) in [6.45, 7) is 0. The summed E-state index contributed by atoms with van der Waals surface area (Å²) in [7, 11) is -1.96. The minimum Gasteiger partial charge on any atom is -0.497 e. The quantitative estimate of drug-likeness (QED) is 0.594. The Morgan fingerprint density at radius 1 is 1.13 bits per heavy atom. The van der Waals surface area contributed by atoms with Crippen molar-refractivity contribution in [2.24, 2.45) is 0 Å². The number of aryl methyl sites for hydroxylation is 1. The molecule has 0 unspecified atom stereocenters. The van der Waals surface area contributed by atoms with E-state index in [1.54, 1.807) is 48.9 Å². The molecule has 1 amide bonds. The van der Waals surface area contributed by atoms with Crippen LogP contribution >= 0.6 is 11.3 Å². The number of rotatable bonds is 6. The molecule has 156 valence electrons. The number of methoxy groups -OCH3 is 1. The molecular formula is C22H22N2O4S2. The summed E-state index contributed by atoms with van der Waals surface area (Å²) in [5.74, 6) is 0.637. The van der Waals surface area contributed by atoms with Crippen molar-refractivity contribution in [1.29, 1.82) is 0 Å². The monoisotopic (exact) mass is 442 g/mol. The van der Waals surface area contributed by atoms with Crippen LogP contribution in [0.5, 0.6) is 5.75 Å². The standard InChI is InChI=1S/C22H22N2O4S2/c1-28-18-11-12-19-16(14-18)4-2-5-20(19)23-22(25)15-7-9-17(10-8-15)24-30(26,27)21-6-3-13-29-21/h3,6-14,20,24H,2,4-5H2,1H3,(H,23,25)/t20-/m1/s1. The van der Waals surface area contributed by atoms with Crippen LogP contribution in [0, 0.1) is 0 Å². The summed E-state index contributed by atoms with van der Waals surface area (Å²) in [4.78, 5) is 12.8. The van der Waals surface area contributed by atoms with E-state index >= 15 is 0 Å². The highest BCUT2D eigenvalue weighted by molar-refractivity contribution is 7.94. The van der Waals surface area contributed by atoms with Crippen LogP contribution in [0.1, 0.15) is 40.4 Å². The second kappa shape index (κ2) is 8.49. The summed E-state index contributed by atoms with van der Waals surface area (Å²) in [6.07, 6.45) is 2.84. The van der Waals surface area contributed by atoms with Gasteiger partial charge in [-0.3, -0.25) is 9.52 Å². The largest absolute Gasteiger partial charge is 0.497 e. The fourth-order valence-electron chi connectivity index (χ4n) is 3.62. The summed E-state index contributed by atoms with van der Waals surface area (Å²) >= 11 is 1.15. The number of amides is 1. The van der Waals surface area contributed by atoms with Gasteiger partial charge in [0.25, 0.3) is 15.9 Å². The van der Waals surface area contributed by atoms with Gasteiger partial charge in [-0.15, -0.1) is 11.3 Å². The number of sulfonamides is 1. The van der Waals surface area contributed by atoms with Gasteiger partial charge in [-0.2, -0.15) is 0 Å². The number of carbonyl (C=O) groups is 1. The first kappa shape index (κ1) is 20.4. The SMILES string of the molecule is COc1ccc2c(c1)CCC[C@H]2NC(=O)c1ccc(NS(=O)(=O)c2cccs2)cc1.